The van der Waals surface area contributed by atoms with Crippen LogP contribution in [0, 0.1) is 0 Å². The van der Waals surface area contributed by atoms with E-state index in [0.717, 1.165) is 51.4 Å². The van der Waals surface area contributed by atoms with Crippen molar-refractivity contribution < 1.29 is 24.5 Å². The standard InChI is InChI=1S/C66H127NO5/c1-3-5-7-9-11-13-15-17-19-21-23-24-25-26-30-34-38-42-46-50-54-58-64(69)63(62-68)67-65(70)59-55-51-47-43-39-35-31-28-29-33-37-41-45-49-53-57-61-72-66(71)60-56-52-48-44-40-36-32-27-22-20-18-16-14-12-10-8-6-4-2/h14,16,20,22,63-64,68-69H,3-13,15,17-19,21,23-62H2,1-2H3,(H,67,70)/b16-14-,22-20-. The van der Waals surface area contributed by atoms with Gasteiger partial charge in [-0.3, -0.25) is 9.59 Å². The van der Waals surface area contributed by atoms with E-state index in [0.29, 0.717) is 25.9 Å². The van der Waals surface area contributed by atoms with Crippen molar-refractivity contribution in [1.82, 2.24) is 5.32 Å². The van der Waals surface area contributed by atoms with Crippen molar-refractivity contribution in [3.8, 4) is 0 Å². The van der Waals surface area contributed by atoms with Gasteiger partial charge in [0.25, 0.3) is 0 Å². The van der Waals surface area contributed by atoms with Crippen LogP contribution in [0.5, 0.6) is 0 Å². The summed E-state index contributed by atoms with van der Waals surface area (Å²) in [5.41, 5.74) is 0. The van der Waals surface area contributed by atoms with Gasteiger partial charge in [-0.15, -0.1) is 0 Å². The van der Waals surface area contributed by atoms with Gasteiger partial charge < -0.3 is 20.3 Å². The number of ether oxygens (including phenoxy) is 1. The lowest BCUT2D eigenvalue weighted by molar-refractivity contribution is -0.143. The van der Waals surface area contributed by atoms with Gasteiger partial charge in [-0.1, -0.05) is 314 Å². The summed E-state index contributed by atoms with van der Waals surface area (Å²) in [7, 11) is 0. The molecule has 0 aromatic rings. The van der Waals surface area contributed by atoms with Gasteiger partial charge in [-0.2, -0.15) is 0 Å². The van der Waals surface area contributed by atoms with Crippen molar-refractivity contribution in [3.05, 3.63) is 24.3 Å². The molecule has 0 aliphatic carbocycles. The van der Waals surface area contributed by atoms with E-state index in [4.69, 9.17) is 4.74 Å². The Balaban J connectivity index is 3.42. The third kappa shape index (κ3) is 57.6. The van der Waals surface area contributed by atoms with Crippen LogP contribution in [0.2, 0.25) is 0 Å². The number of aliphatic hydroxyl groups is 2. The highest BCUT2D eigenvalue weighted by Gasteiger charge is 2.20. The van der Waals surface area contributed by atoms with Gasteiger partial charge in [0.15, 0.2) is 0 Å². The lowest BCUT2D eigenvalue weighted by Crippen LogP contribution is -2.45. The van der Waals surface area contributed by atoms with Gasteiger partial charge in [-0.05, 0) is 57.8 Å². The van der Waals surface area contributed by atoms with Crippen LogP contribution in [0.25, 0.3) is 0 Å². The average molecular weight is 1010 g/mol. The highest BCUT2D eigenvalue weighted by atomic mass is 16.5. The molecule has 0 aliphatic heterocycles. The Morgan fingerprint density at radius 3 is 1.07 bits per heavy atom. The predicted octanol–water partition coefficient (Wildman–Crippen LogP) is 20.6. The highest BCUT2D eigenvalue weighted by molar-refractivity contribution is 5.76. The minimum absolute atomic E-state index is 0.00312. The number of carbonyl (C=O) groups is 2. The maximum atomic E-state index is 12.5. The summed E-state index contributed by atoms with van der Waals surface area (Å²) >= 11 is 0. The molecular weight excluding hydrogens is 887 g/mol. The summed E-state index contributed by atoms with van der Waals surface area (Å²) in [5, 5.41) is 23.4. The van der Waals surface area contributed by atoms with E-state index in [1.165, 1.54) is 276 Å². The monoisotopic (exact) mass is 1010 g/mol. The van der Waals surface area contributed by atoms with Crippen LogP contribution in [-0.2, 0) is 14.3 Å². The maximum Gasteiger partial charge on any atom is 0.305 e. The zero-order chi connectivity index (χ0) is 52.2. The zero-order valence-corrected chi connectivity index (χ0v) is 48.7. The SMILES string of the molecule is CCCCCC/C=C\C/C=C\CCCCCCCCCC(=O)OCCCCCCCCCCCCCCCCCCC(=O)NC(CO)C(O)CCCCCCCCCCCCCCCCCCCCCCC. The molecule has 6 heteroatoms. The minimum atomic E-state index is -0.670. The van der Waals surface area contributed by atoms with Crippen molar-refractivity contribution in [2.75, 3.05) is 13.2 Å². The van der Waals surface area contributed by atoms with Gasteiger partial charge in [0.2, 0.25) is 5.91 Å². The molecule has 0 fully saturated rings. The van der Waals surface area contributed by atoms with Crippen LogP contribution in [-0.4, -0.2) is 47.4 Å². The largest absolute Gasteiger partial charge is 0.466 e. The molecule has 0 saturated carbocycles. The summed E-state index contributed by atoms with van der Waals surface area (Å²) in [6, 6.07) is -0.548. The van der Waals surface area contributed by atoms with E-state index < -0.39 is 12.1 Å². The van der Waals surface area contributed by atoms with Crippen LogP contribution >= 0.6 is 0 Å². The van der Waals surface area contributed by atoms with E-state index in [1.807, 2.05) is 0 Å². The molecule has 3 N–H and O–H groups in total. The van der Waals surface area contributed by atoms with Crippen LogP contribution in [0.4, 0.5) is 0 Å². The Kier molecular flexibility index (Phi) is 60.5. The minimum Gasteiger partial charge on any atom is -0.466 e. The number of esters is 1. The quantitative estimate of drug-likeness (QED) is 0.0320. The lowest BCUT2D eigenvalue weighted by Gasteiger charge is -2.22. The van der Waals surface area contributed by atoms with E-state index in [9.17, 15) is 19.8 Å². The second kappa shape index (κ2) is 61.9. The Labute approximate surface area is 450 Å². The van der Waals surface area contributed by atoms with Crippen molar-refractivity contribution in [1.29, 1.82) is 0 Å². The molecule has 0 spiro atoms. The van der Waals surface area contributed by atoms with Gasteiger partial charge >= 0.3 is 5.97 Å². The third-order valence-electron chi connectivity index (χ3n) is 15.3. The van der Waals surface area contributed by atoms with Crippen molar-refractivity contribution >= 4 is 11.9 Å². The Hall–Kier alpha value is -1.66. The number of hydrogen-bond donors (Lipinski definition) is 3. The summed E-state index contributed by atoms with van der Waals surface area (Å²) < 4.78 is 5.49. The molecular formula is C66H127NO5. The summed E-state index contributed by atoms with van der Waals surface area (Å²) in [6.07, 6.45) is 76.1. The van der Waals surface area contributed by atoms with Gasteiger partial charge in [0, 0.05) is 12.8 Å². The summed E-state index contributed by atoms with van der Waals surface area (Å²) in [6.45, 7) is 4.95. The third-order valence-corrected chi connectivity index (χ3v) is 15.3. The maximum absolute atomic E-state index is 12.5. The number of nitrogens with one attached hydrogen (secondary N) is 1. The molecule has 0 rings (SSSR count). The highest BCUT2D eigenvalue weighted by Crippen LogP contribution is 2.18. The number of allylic oxidation sites excluding steroid dienone is 4. The average Bonchev–Trinajstić information content (AvgIpc) is 3.38. The fourth-order valence-corrected chi connectivity index (χ4v) is 10.3. The predicted molar refractivity (Wildman–Crippen MR) is 315 cm³/mol. The van der Waals surface area contributed by atoms with Gasteiger partial charge in [-0.25, -0.2) is 0 Å². The number of unbranched alkanes of at least 4 members (excludes halogenated alkanes) is 46. The number of aliphatic hydroxyl groups excluding tert-OH is 2. The molecule has 0 saturated heterocycles. The molecule has 0 bridgehead atoms. The smallest absolute Gasteiger partial charge is 0.305 e. The van der Waals surface area contributed by atoms with Crippen molar-refractivity contribution in [2.24, 2.45) is 0 Å². The first-order valence-electron chi connectivity index (χ1n) is 32.6. The number of amides is 1. The number of carbonyl (C=O) groups excluding carboxylic acids is 2. The molecule has 2 atom stereocenters. The molecule has 0 aliphatic rings. The summed E-state index contributed by atoms with van der Waals surface area (Å²) in [5.74, 6) is -0.0414. The number of rotatable bonds is 61. The van der Waals surface area contributed by atoms with E-state index in [2.05, 4.69) is 43.5 Å². The Bertz CT molecular complexity index is 1120. The first-order valence-corrected chi connectivity index (χ1v) is 32.6. The van der Waals surface area contributed by atoms with Crippen molar-refractivity contribution in [3.63, 3.8) is 0 Å². The Morgan fingerprint density at radius 2 is 0.694 bits per heavy atom. The lowest BCUT2D eigenvalue weighted by atomic mass is 10.0. The fourth-order valence-electron chi connectivity index (χ4n) is 10.3. The van der Waals surface area contributed by atoms with Crippen LogP contribution in [0.1, 0.15) is 361 Å². The molecule has 72 heavy (non-hydrogen) atoms. The van der Waals surface area contributed by atoms with Crippen molar-refractivity contribution in [2.45, 2.75) is 373 Å². The molecule has 0 aromatic carbocycles. The second-order valence-electron chi connectivity index (χ2n) is 22.5. The van der Waals surface area contributed by atoms with Crippen LogP contribution in [0.15, 0.2) is 24.3 Å². The molecule has 0 radical (unpaired) electrons. The topological polar surface area (TPSA) is 95.9 Å². The number of hydrogen-bond acceptors (Lipinski definition) is 5. The molecule has 0 heterocycles. The van der Waals surface area contributed by atoms with E-state index in [1.54, 1.807) is 0 Å². The first kappa shape index (κ1) is 70.3. The van der Waals surface area contributed by atoms with Crippen LogP contribution in [0.3, 0.4) is 0 Å². The second-order valence-corrected chi connectivity index (χ2v) is 22.5. The van der Waals surface area contributed by atoms with E-state index in [-0.39, 0.29) is 18.5 Å². The Morgan fingerprint density at radius 1 is 0.389 bits per heavy atom. The molecule has 1 amide bonds. The normalized spacial score (nSPS) is 12.7. The molecule has 6 nitrogen and oxygen atoms in total. The zero-order valence-electron chi connectivity index (χ0n) is 48.7. The first-order chi connectivity index (χ1) is 35.5. The molecule has 2 unspecified atom stereocenters. The van der Waals surface area contributed by atoms with Crippen LogP contribution < -0.4 is 5.32 Å². The van der Waals surface area contributed by atoms with Gasteiger partial charge in [0.05, 0.1) is 25.4 Å². The fraction of sp³-hybridized carbons (Fsp3) is 0.909. The van der Waals surface area contributed by atoms with Gasteiger partial charge in [0.1, 0.15) is 0 Å². The molecule has 426 valence electrons. The molecule has 0 aromatic heterocycles. The van der Waals surface area contributed by atoms with E-state index >= 15 is 0 Å². The summed E-state index contributed by atoms with van der Waals surface area (Å²) in [4.78, 5) is 24.6.